The Morgan fingerprint density at radius 2 is 2.26 bits per heavy atom. The van der Waals surface area contributed by atoms with Crippen LogP contribution in [-0.2, 0) is 6.54 Å². The van der Waals surface area contributed by atoms with Gasteiger partial charge in [-0.3, -0.25) is 4.79 Å². The molecule has 0 aliphatic carbocycles. The van der Waals surface area contributed by atoms with Gasteiger partial charge in [0, 0.05) is 18.8 Å². The fraction of sp³-hybridized carbons (Fsp3) is 0.308. The van der Waals surface area contributed by atoms with E-state index in [0.717, 1.165) is 18.8 Å². The van der Waals surface area contributed by atoms with Crippen LogP contribution < -0.4 is 10.6 Å². The molecule has 0 spiro atoms. The Labute approximate surface area is 111 Å². The summed E-state index contributed by atoms with van der Waals surface area (Å²) in [4.78, 5) is 16.0. The SMILES string of the molecule is CCCNc1ccc(C(=O)NCc2ccno2)cn1. The van der Waals surface area contributed by atoms with Crippen LogP contribution in [0.4, 0.5) is 5.82 Å². The average Bonchev–Trinajstić information content (AvgIpc) is 2.96. The Bertz CT molecular complexity index is 508. The molecule has 0 aliphatic heterocycles. The van der Waals surface area contributed by atoms with E-state index in [4.69, 9.17) is 4.52 Å². The Morgan fingerprint density at radius 3 is 2.89 bits per heavy atom. The number of carbonyl (C=O) groups is 1. The van der Waals surface area contributed by atoms with Crippen LogP contribution in [0.3, 0.4) is 0 Å². The number of anilines is 1. The van der Waals surface area contributed by atoms with Crippen LogP contribution in [0.2, 0.25) is 0 Å². The molecular weight excluding hydrogens is 244 g/mol. The van der Waals surface area contributed by atoms with Crippen molar-refractivity contribution in [2.45, 2.75) is 19.9 Å². The summed E-state index contributed by atoms with van der Waals surface area (Å²) >= 11 is 0. The number of rotatable bonds is 6. The molecule has 6 heteroatoms. The summed E-state index contributed by atoms with van der Waals surface area (Å²) in [7, 11) is 0. The molecule has 1 amide bonds. The summed E-state index contributed by atoms with van der Waals surface area (Å²) in [5.41, 5.74) is 0.515. The summed E-state index contributed by atoms with van der Waals surface area (Å²) in [6.07, 6.45) is 4.12. The molecule has 0 atom stereocenters. The van der Waals surface area contributed by atoms with Crippen molar-refractivity contribution in [2.75, 3.05) is 11.9 Å². The highest BCUT2D eigenvalue weighted by atomic mass is 16.5. The molecule has 0 saturated heterocycles. The largest absolute Gasteiger partial charge is 0.370 e. The first kappa shape index (κ1) is 13.1. The van der Waals surface area contributed by atoms with Crippen molar-refractivity contribution in [1.82, 2.24) is 15.5 Å². The standard InChI is InChI=1S/C13H16N4O2/c1-2-6-14-12-4-3-10(8-15-12)13(18)16-9-11-5-7-17-19-11/h3-5,7-8H,2,6,9H2,1H3,(H,14,15)(H,16,18). The highest BCUT2D eigenvalue weighted by Crippen LogP contribution is 2.05. The molecule has 0 bridgehead atoms. The molecule has 2 N–H and O–H groups in total. The smallest absolute Gasteiger partial charge is 0.253 e. The normalized spacial score (nSPS) is 10.2. The number of hydrogen-bond donors (Lipinski definition) is 2. The van der Waals surface area contributed by atoms with Crippen molar-refractivity contribution in [1.29, 1.82) is 0 Å². The number of hydrogen-bond acceptors (Lipinski definition) is 5. The van der Waals surface area contributed by atoms with Gasteiger partial charge < -0.3 is 15.2 Å². The Hall–Kier alpha value is -2.37. The maximum atomic E-state index is 11.8. The van der Waals surface area contributed by atoms with Gasteiger partial charge in [-0.2, -0.15) is 0 Å². The molecule has 2 rings (SSSR count). The highest BCUT2D eigenvalue weighted by molar-refractivity contribution is 5.93. The summed E-state index contributed by atoms with van der Waals surface area (Å²) in [6.45, 7) is 3.26. The second-order valence-corrected chi connectivity index (χ2v) is 4.02. The maximum absolute atomic E-state index is 11.8. The number of carbonyl (C=O) groups excluding carboxylic acids is 1. The molecule has 6 nitrogen and oxygen atoms in total. The lowest BCUT2D eigenvalue weighted by atomic mass is 10.2. The van der Waals surface area contributed by atoms with Gasteiger partial charge in [0.2, 0.25) is 0 Å². The molecule has 2 heterocycles. The molecule has 0 aliphatic rings. The Kier molecular flexibility index (Phi) is 4.49. The van der Waals surface area contributed by atoms with Crippen molar-refractivity contribution in [3.05, 3.63) is 41.9 Å². The van der Waals surface area contributed by atoms with Crippen molar-refractivity contribution in [3.8, 4) is 0 Å². The summed E-state index contributed by atoms with van der Waals surface area (Å²) in [5, 5.41) is 9.45. The van der Waals surface area contributed by atoms with Gasteiger partial charge in [-0.1, -0.05) is 12.1 Å². The van der Waals surface area contributed by atoms with E-state index in [2.05, 4.69) is 27.7 Å². The lowest BCUT2D eigenvalue weighted by Gasteiger charge is -2.05. The van der Waals surface area contributed by atoms with E-state index in [-0.39, 0.29) is 5.91 Å². The van der Waals surface area contributed by atoms with E-state index < -0.39 is 0 Å². The van der Waals surface area contributed by atoms with Crippen molar-refractivity contribution in [2.24, 2.45) is 0 Å². The van der Waals surface area contributed by atoms with Crippen LogP contribution in [0.5, 0.6) is 0 Å². The van der Waals surface area contributed by atoms with Gasteiger partial charge in [-0.15, -0.1) is 0 Å². The zero-order chi connectivity index (χ0) is 13.5. The van der Waals surface area contributed by atoms with E-state index in [1.165, 1.54) is 6.20 Å². The van der Waals surface area contributed by atoms with E-state index >= 15 is 0 Å². The zero-order valence-corrected chi connectivity index (χ0v) is 10.7. The third-order valence-corrected chi connectivity index (χ3v) is 2.50. The second kappa shape index (κ2) is 6.53. The van der Waals surface area contributed by atoms with Gasteiger partial charge >= 0.3 is 0 Å². The molecule has 2 aromatic rings. The van der Waals surface area contributed by atoms with Gasteiger partial charge in [0.1, 0.15) is 5.82 Å². The van der Waals surface area contributed by atoms with Crippen LogP contribution in [0.1, 0.15) is 29.5 Å². The first-order valence-corrected chi connectivity index (χ1v) is 6.17. The quantitative estimate of drug-likeness (QED) is 0.828. The van der Waals surface area contributed by atoms with Gasteiger partial charge in [0.15, 0.2) is 5.76 Å². The monoisotopic (exact) mass is 260 g/mol. The lowest BCUT2D eigenvalue weighted by molar-refractivity contribution is 0.0946. The minimum atomic E-state index is -0.189. The number of aromatic nitrogens is 2. The minimum Gasteiger partial charge on any atom is -0.370 e. The van der Waals surface area contributed by atoms with Crippen molar-refractivity contribution in [3.63, 3.8) is 0 Å². The number of amides is 1. The van der Waals surface area contributed by atoms with E-state index in [9.17, 15) is 4.79 Å². The molecule has 0 fully saturated rings. The molecule has 0 aromatic carbocycles. The predicted octanol–water partition coefficient (Wildman–Crippen LogP) is 1.82. The molecule has 2 aromatic heterocycles. The zero-order valence-electron chi connectivity index (χ0n) is 10.7. The lowest BCUT2D eigenvalue weighted by Crippen LogP contribution is -2.22. The van der Waals surface area contributed by atoms with Crippen LogP contribution in [-0.4, -0.2) is 22.6 Å². The van der Waals surface area contributed by atoms with E-state index in [0.29, 0.717) is 17.9 Å². The summed E-state index contributed by atoms with van der Waals surface area (Å²) in [6, 6.07) is 5.23. The molecule has 19 heavy (non-hydrogen) atoms. The fourth-order valence-electron chi connectivity index (χ4n) is 1.49. The third-order valence-electron chi connectivity index (χ3n) is 2.50. The minimum absolute atomic E-state index is 0.189. The van der Waals surface area contributed by atoms with Crippen molar-refractivity contribution >= 4 is 11.7 Å². The van der Waals surface area contributed by atoms with Gasteiger partial charge in [0.05, 0.1) is 18.3 Å². The topological polar surface area (TPSA) is 80.0 Å². The number of pyridine rings is 1. The van der Waals surface area contributed by atoms with Crippen LogP contribution in [0.25, 0.3) is 0 Å². The van der Waals surface area contributed by atoms with Crippen molar-refractivity contribution < 1.29 is 9.32 Å². The summed E-state index contributed by atoms with van der Waals surface area (Å²) < 4.78 is 4.89. The Balaban J connectivity index is 1.88. The first-order chi connectivity index (χ1) is 9.29. The molecule has 0 radical (unpaired) electrons. The highest BCUT2D eigenvalue weighted by Gasteiger charge is 2.07. The van der Waals surface area contributed by atoms with Crippen LogP contribution >= 0.6 is 0 Å². The molecule has 100 valence electrons. The molecular formula is C13H16N4O2. The first-order valence-electron chi connectivity index (χ1n) is 6.17. The van der Waals surface area contributed by atoms with Gasteiger partial charge in [-0.25, -0.2) is 4.98 Å². The molecule has 0 saturated carbocycles. The fourth-order valence-corrected chi connectivity index (χ4v) is 1.49. The molecule has 0 unspecified atom stereocenters. The third kappa shape index (κ3) is 3.80. The summed E-state index contributed by atoms with van der Waals surface area (Å²) in [5.74, 6) is 1.20. The maximum Gasteiger partial charge on any atom is 0.253 e. The van der Waals surface area contributed by atoms with Crippen LogP contribution in [0, 0.1) is 0 Å². The number of nitrogens with zero attached hydrogens (tertiary/aromatic N) is 2. The van der Waals surface area contributed by atoms with Gasteiger partial charge in [-0.05, 0) is 18.6 Å². The van der Waals surface area contributed by atoms with Gasteiger partial charge in [0.25, 0.3) is 5.91 Å². The average molecular weight is 260 g/mol. The second-order valence-electron chi connectivity index (χ2n) is 4.02. The van der Waals surface area contributed by atoms with Crippen LogP contribution in [0.15, 0.2) is 35.1 Å². The Morgan fingerprint density at radius 1 is 1.37 bits per heavy atom. The van der Waals surface area contributed by atoms with E-state index in [1.54, 1.807) is 24.4 Å². The number of nitrogens with one attached hydrogen (secondary N) is 2. The van der Waals surface area contributed by atoms with E-state index in [1.807, 2.05) is 0 Å². The predicted molar refractivity (Wildman–Crippen MR) is 70.7 cm³/mol.